The fraction of sp³-hybridized carbons (Fsp3) is 0.333. The molecule has 2 atom stereocenters. The van der Waals surface area contributed by atoms with E-state index in [1.54, 1.807) is 19.1 Å². The smallest absolute Gasteiger partial charge is 0.261 e. The lowest BCUT2D eigenvalue weighted by atomic mass is 10.1. The molecule has 3 N–H and O–H groups in total. The summed E-state index contributed by atoms with van der Waals surface area (Å²) in [4.78, 5) is 24.1. The first-order valence-electron chi connectivity index (χ1n) is 9.57. The second-order valence-corrected chi connectivity index (χ2v) is 8.72. The molecule has 2 aromatic rings. The summed E-state index contributed by atoms with van der Waals surface area (Å²) in [6.07, 6.45) is 0.843. The highest BCUT2D eigenvalue weighted by Gasteiger charge is 2.17. The fourth-order valence-electron chi connectivity index (χ4n) is 2.53. The maximum Gasteiger partial charge on any atom is 0.261 e. The molecule has 0 saturated heterocycles. The largest absolute Gasteiger partial charge is 0.352 e. The van der Waals surface area contributed by atoms with Crippen molar-refractivity contribution in [3.8, 4) is 0 Å². The normalized spacial score (nSPS) is 13.2. The molecule has 2 amide bonds. The molecule has 7 nitrogen and oxygen atoms in total. The molecular formula is C21H26FN3O4S. The average molecular weight is 436 g/mol. The number of halogens is 1. The summed E-state index contributed by atoms with van der Waals surface area (Å²) in [6, 6.07) is 10.2. The summed E-state index contributed by atoms with van der Waals surface area (Å²) in [6.45, 7) is 5.46. The van der Waals surface area contributed by atoms with Crippen LogP contribution < -0.4 is 15.4 Å². The van der Waals surface area contributed by atoms with Gasteiger partial charge in [-0.15, -0.1) is 0 Å². The van der Waals surface area contributed by atoms with Gasteiger partial charge in [0.2, 0.25) is 11.8 Å². The highest BCUT2D eigenvalue weighted by atomic mass is 32.2. The molecule has 2 aromatic carbocycles. The van der Waals surface area contributed by atoms with Crippen LogP contribution in [0.25, 0.3) is 0 Å². The molecule has 0 aromatic heterocycles. The van der Waals surface area contributed by atoms with Gasteiger partial charge in [-0.1, -0.05) is 19.1 Å². The predicted molar refractivity (Wildman–Crippen MR) is 113 cm³/mol. The monoisotopic (exact) mass is 435 g/mol. The Hall–Kier alpha value is -2.94. The molecule has 9 heteroatoms. The molecule has 0 heterocycles. The van der Waals surface area contributed by atoms with E-state index in [1.165, 1.54) is 24.3 Å². The van der Waals surface area contributed by atoms with E-state index in [4.69, 9.17) is 0 Å². The lowest BCUT2D eigenvalue weighted by Crippen LogP contribution is -2.47. The fourth-order valence-corrected chi connectivity index (χ4v) is 3.59. The van der Waals surface area contributed by atoms with Crippen LogP contribution in [-0.4, -0.2) is 32.3 Å². The Morgan fingerprint density at radius 3 is 2.13 bits per heavy atom. The van der Waals surface area contributed by atoms with Crippen molar-refractivity contribution < 1.29 is 22.4 Å². The summed E-state index contributed by atoms with van der Waals surface area (Å²) < 4.78 is 40.0. The van der Waals surface area contributed by atoms with E-state index in [9.17, 15) is 22.4 Å². The van der Waals surface area contributed by atoms with Crippen molar-refractivity contribution in [2.75, 3.05) is 4.72 Å². The van der Waals surface area contributed by atoms with Crippen molar-refractivity contribution in [2.45, 2.75) is 50.6 Å². The van der Waals surface area contributed by atoms with E-state index < -0.39 is 21.9 Å². The second kappa shape index (κ2) is 10.2. The summed E-state index contributed by atoms with van der Waals surface area (Å²) in [5.74, 6) is -1.09. The molecular weight excluding hydrogens is 409 g/mol. The van der Waals surface area contributed by atoms with E-state index in [2.05, 4.69) is 15.4 Å². The molecule has 30 heavy (non-hydrogen) atoms. The van der Waals surface area contributed by atoms with Crippen LogP contribution in [0.2, 0.25) is 0 Å². The molecule has 0 spiro atoms. The SMILES string of the molecule is CCC(C)NC(=O)C(C)NC(=O)Cc1ccc(NS(=O)(=O)c2ccc(F)cc2)cc1. The zero-order chi connectivity index (χ0) is 22.3. The highest BCUT2D eigenvalue weighted by Crippen LogP contribution is 2.17. The van der Waals surface area contributed by atoms with Gasteiger partial charge in [-0.05, 0) is 62.2 Å². The van der Waals surface area contributed by atoms with Gasteiger partial charge < -0.3 is 10.6 Å². The molecule has 0 aliphatic rings. The minimum Gasteiger partial charge on any atom is -0.352 e. The summed E-state index contributed by atoms with van der Waals surface area (Å²) in [5.41, 5.74) is 0.969. The number of carbonyl (C=O) groups excluding carboxylic acids is 2. The van der Waals surface area contributed by atoms with E-state index in [1.807, 2.05) is 13.8 Å². The van der Waals surface area contributed by atoms with Crippen LogP contribution in [0.3, 0.4) is 0 Å². The molecule has 0 aliphatic heterocycles. The van der Waals surface area contributed by atoms with Crippen molar-refractivity contribution in [1.29, 1.82) is 0 Å². The van der Waals surface area contributed by atoms with E-state index >= 15 is 0 Å². The van der Waals surface area contributed by atoms with Crippen LogP contribution in [0.5, 0.6) is 0 Å². The lowest BCUT2D eigenvalue weighted by Gasteiger charge is -2.17. The first-order chi connectivity index (χ1) is 14.1. The Bertz CT molecular complexity index is 976. The second-order valence-electron chi connectivity index (χ2n) is 7.04. The zero-order valence-electron chi connectivity index (χ0n) is 17.1. The minimum absolute atomic E-state index is 0.0306. The molecule has 0 fully saturated rings. The van der Waals surface area contributed by atoms with Gasteiger partial charge in [0.25, 0.3) is 10.0 Å². The number of hydrogen-bond donors (Lipinski definition) is 3. The third-order valence-corrected chi connectivity index (χ3v) is 5.86. The van der Waals surface area contributed by atoms with Crippen molar-refractivity contribution in [3.05, 3.63) is 59.9 Å². The van der Waals surface area contributed by atoms with Crippen LogP contribution in [-0.2, 0) is 26.0 Å². The van der Waals surface area contributed by atoms with Crippen LogP contribution in [0.15, 0.2) is 53.4 Å². The number of anilines is 1. The van der Waals surface area contributed by atoms with Gasteiger partial charge in [0, 0.05) is 11.7 Å². The Labute approximate surface area is 176 Å². The Balaban J connectivity index is 1.93. The standard InChI is InChI=1S/C21H26FN3O4S/c1-4-14(2)23-21(27)15(3)24-20(26)13-16-5-9-18(10-6-16)25-30(28,29)19-11-7-17(22)8-12-19/h5-12,14-15,25H,4,13H2,1-3H3,(H,23,27)(H,24,26). The summed E-state index contributed by atoms with van der Waals surface area (Å²) >= 11 is 0. The number of amides is 2. The van der Waals surface area contributed by atoms with E-state index in [0.29, 0.717) is 11.3 Å². The van der Waals surface area contributed by atoms with E-state index in [-0.39, 0.29) is 29.2 Å². The van der Waals surface area contributed by atoms with Gasteiger partial charge >= 0.3 is 0 Å². The molecule has 0 radical (unpaired) electrons. The number of sulfonamides is 1. The quantitative estimate of drug-likeness (QED) is 0.563. The van der Waals surface area contributed by atoms with Gasteiger partial charge in [-0.25, -0.2) is 12.8 Å². The third-order valence-electron chi connectivity index (χ3n) is 4.47. The molecule has 2 rings (SSSR count). The molecule has 0 bridgehead atoms. The van der Waals surface area contributed by atoms with Crippen molar-refractivity contribution in [3.63, 3.8) is 0 Å². The van der Waals surface area contributed by atoms with Crippen LogP contribution in [0.1, 0.15) is 32.8 Å². The van der Waals surface area contributed by atoms with Gasteiger partial charge in [0.15, 0.2) is 0 Å². The predicted octanol–water partition coefficient (Wildman–Crippen LogP) is 2.59. The number of rotatable bonds is 9. The summed E-state index contributed by atoms with van der Waals surface area (Å²) in [5, 5.41) is 5.45. The van der Waals surface area contributed by atoms with E-state index in [0.717, 1.165) is 18.6 Å². The van der Waals surface area contributed by atoms with Crippen molar-refractivity contribution in [2.24, 2.45) is 0 Å². The van der Waals surface area contributed by atoms with Crippen molar-refractivity contribution in [1.82, 2.24) is 10.6 Å². The van der Waals surface area contributed by atoms with Crippen LogP contribution in [0, 0.1) is 5.82 Å². The maximum atomic E-state index is 13.0. The Morgan fingerprint density at radius 2 is 1.57 bits per heavy atom. The highest BCUT2D eigenvalue weighted by molar-refractivity contribution is 7.92. The van der Waals surface area contributed by atoms with Gasteiger partial charge in [0.1, 0.15) is 11.9 Å². The number of nitrogens with one attached hydrogen (secondary N) is 3. The van der Waals surface area contributed by atoms with Crippen LogP contribution in [0.4, 0.5) is 10.1 Å². The topological polar surface area (TPSA) is 104 Å². The summed E-state index contributed by atoms with van der Waals surface area (Å²) in [7, 11) is -3.84. The maximum absolute atomic E-state index is 13.0. The van der Waals surface area contributed by atoms with Gasteiger partial charge in [0.05, 0.1) is 11.3 Å². The molecule has 2 unspecified atom stereocenters. The average Bonchev–Trinajstić information content (AvgIpc) is 2.69. The molecule has 162 valence electrons. The minimum atomic E-state index is -3.84. The first kappa shape index (κ1) is 23.3. The van der Waals surface area contributed by atoms with Gasteiger partial charge in [-0.2, -0.15) is 0 Å². The molecule has 0 saturated carbocycles. The number of hydrogen-bond acceptors (Lipinski definition) is 4. The Morgan fingerprint density at radius 1 is 0.967 bits per heavy atom. The molecule has 0 aliphatic carbocycles. The first-order valence-corrected chi connectivity index (χ1v) is 11.1. The number of benzene rings is 2. The van der Waals surface area contributed by atoms with Crippen molar-refractivity contribution >= 4 is 27.5 Å². The van der Waals surface area contributed by atoms with Crippen LogP contribution >= 0.6 is 0 Å². The Kier molecular flexibility index (Phi) is 7.93. The number of carbonyl (C=O) groups is 2. The lowest BCUT2D eigenvalue weighted by molar-refractivity contribution is -0.128. The third kappa shape index (κ3) is 6.84. The van der Waals surface area contributed by atoms with Gasteiger partial charge in [-0.3, -0.25) is 14.3 Å². The zero-order valence-corrected chi connectivity index (χ0v) is 17.9.